The van der Waals surface area contributed by atoms with Gasteiger partial charge in [-0.05, 0) is 38.0 Å². The van der Waals surface area contributed by atoms with Gasteiger partial charge in [-0.15, -0.1) is 24.8 Å². The molecule has 1 aliphatic rings. The topological polar surface area (TPSA) is 15.3 Å². The van der Waals surface area contributed by atoms with Crippen molar-refractivity contribution in [1.29, 1.82) is 0 Å². The van der Waals surface area contributed by atoms with E-state index < -0.39 is 0 Å². The number of benzene rings is 1. The van der Waals surface area contributed by atoms with Crippen molar-refractivity contribution in [2.75, 3.05) is 26.7 Å². The minimum Gasteiger partial charge on any atom is -0.316 e. The summed E-state index contributed by atoms with van der Waals surface area (Å²) in [6.45, 7) is 4.67. The quantitative estimate of drug-likeness (QED) is 0.910. The molecule has 2 rings (SSSR count). The van der Waals surface area contributed by atoms with E-state index in [1.54, 1.807) is 0 Å². The molecule has 0 saturated carbocycles. The summed E-state index contributed by atoms with van der Waals surface area (Å²) in [4.78, 5) is 2.42. The molecule has 1 fully saturated rings. The first-order valence-corrected chi connectivity index (χ1v) is 5.78. The Kier molecular flexibility index (Phi) is 8.61. The van der Waals surface area contributed by atoms with Crippen LogP contribution in [0.3, 0.4) is 0 Å². The lowest BCUT2D eigenvalue weighted by atomic mass is 10.1. The van der Waals surface area contributed by atoms with Crippen LogP contribution in [0.5, 0.6) is 0 Å². The fourth-order valence-corrected chi connectivity index (χ4v) is 2.27. The smallest absolute Gasteiger partial charge is 0.0230 e. The van der Waals surface area contributed by atoms with Gasteiger partial charge >= 0.3 is 0 Å². The van der Waals surface area contributed by atoms with Crippen LogP contribution in [0.15, 0.2) is 30.3 Å². The van der Waals surface area contributed by atoms with Crippen molar-refractivity contribution in [3.05, 3.63) is 35.9 Å². The summed E-state index contributed by atoms with van der Waals surface area (Å²) in [5.74, 6) is 0.846. The summed E-state index contributed by atoms with van der Waals surface area (Å²) in [7, 11) is 2.21. The van der Waals surface area contributed by atoms with E-state index in [0.29, 0.717) is 0 Å². The lowest BCUT2D eigenvalue weighted by Crippen LogP contribution is -2.26. The summed E-state index contributed by atoms with van der Waals surface area (Å²) < 4.78 is 0. The van der Waals surface area contributed by atoms with Crippen molar-refractivity contribution in [2.45, 2.75) is 13.0 Å². The van der Waals surface area contributed by atoms with Crippen molar-refractivity contribution in [3.8, 4) is 0 Å². The second-order valence-electron chi connectivity index (χ2n) is 4.54. The molecule has 0 spiro atoms. The molecule has 1 aromatic carbocycles. The predicted molar refractivity (Wildman–Crippen MR) is 78.2 cm³/mol. The summed E-state index contributed by atoms with van der Waals surface area (Å²) in [6.07, 6.45) is 1.33. The fourth-order valence-electron chi connectivity index (χ4n) is 2.27. The van der Waals surface area contributed by atoms with Crippen LogP contribution in [0.1, 0.15) is 12.0 Å². The van der Waals surface area contributed by atoms with Crippen LogP contribution in [-0.4, -0.2) is 31.6 Å². The van der Waals surface area contributed by atoms with Gasteiger partial charge in [0.2, 0.25) is 0 Å². The molecule has 4 heteroatoms. The molecule has 1 atom stereocenters. The molecule has 0 bridgehead atoms. The molecule has 0 aliphatic carbocycles. The average Bonchev–Trinajstić information content (AvgIpc) is 2.71. The SMILES string of the molecule is CN(Cc1ccccc1)CC1CCNC1.Cl.Cl. The first-order valence-electron chi connectivity index (χ1n) is 5.78. The van der Waals surface area contributed by atoms with Crippen LogP contribution in [-0.2, 0) is 6.54 Å². The zero-order chi connectivity index (χ0) is 10.5. The average molecular weight is 277 g/mol. The van der Waals surface area contributed by atoms with E-state index in [-0.39, 0.29) is 24.8 Å². The third kappa shape index (κ3) is 5.73. The Bertz CT molecular complexity index is 287. The normalized spacial score (nSPS) is 18.6. The highest BCUT2D eigenvalue weighted by atomic mass is 35.5. The molecule has 1 aliphatic heterocycles. The van der Waals surface area contributed by atoms with Gasteiger partial charge in [0.1, 0.15) is 0 Å². The van der Waals surface area contributed by atoms with Gasteiger partial charge in [0.05, 0.1) is 0 Å². The van der Waals surface area contributed by atoms with Gasteiger partial charge in [0.25, 0.3) is 0 Å². The van der Waals surface area contributed by atoms with Gasteiger partial charge < -0.3 is 10.2 Å². The minimum absolute atomic E-state index is 0. The Labute approximate surface area is 117 Å². The van der Waals surface area contributed by atoms with Crippen LogP contribution in [0.25, 0.3) is 0 Å². The van der Waals surface area contributed by atoms with E-state index in [1.807, 2.05) is 0 Å². The summed E-state index contributed by atoms with van der Waals surface area (Å²) >= 11 is 0. The largest absolute Gasteiger partial charge is 0.316 e. The number of nitrogens with zero attached hydrogens (tertiary/aromatic N) is 1. The molecule has 0 amide bonds. The fraction of sp³-hybridized carbons (Fsp3) is 0.538. The van der Waals surface area contributed by atoms with Crippen LogP contribution in [0, 0.1) is 5.92 Å². The lowest BCUT2D eigenvalue weighted by molar-refractivity contribution is 0.278. The third-order valence-corrected chi connectivity index (χ3v) is 3.03. The van der Waals surface area contributed by atoms with E-state index in [2.05, 4.69) is 47.6 Å². The first-order chi connectivity index (χ1) is 7.34. The second-order valence-corrected chi connectivity index (χ2v) is 4.54. The van der Waals surface area contributed by atoms with Crippen LogP contribution in [0.4, 0.5) is 0 Å². The highest BCUT2D eigenvalue weighted by Gasteiger charge is 2.15. The van der Waals surface area contributed by atoms with Crippen molar-refractivity contribution >= 4 is 24.8 Å². The van der Waals surface area contributed by atoms with Gasteiger partial charge in [-0.25, -0.2) is 0 Å². The van der Waals surface area contributed by atoms with Gasteiger partial charge in [0.15, 0.2) is 0 Å². The number of rotatable bonds is 4. The van der Waals surface area contributed by atoms with Gasteiger partial charge in [-0.2, -0.15) is 0 Å². The van der Waals surface area contributed by atoms with E-state index in [9.17, 15) is 0 Å². The summed E-state index contributed by atoms with van der Waals surface area (Å²) in [5.41, 5.74) is 1.41. The number of hydrogen-bond acceptors (Lipinski definition) is 2. The maximum absolute atomic E-state index is 3.41. The van der Waals surface area contributed by atoms with Crippen molar-refractivity contribution < 1.29 is 0 Å². The Morgan fingerprint density at radius 3 is 2.53 bits per heavy atom. The maximum Gasteiger partial charge on any atom is 0.0230 e. The molecule has 1 saturated heterocycles. The zero-order valence-electron chi connectivity index (χ0n) is 10.3. The second kappa shape index (κ2) is 8.76. The Hall–Kier alpha value is -0.280. The van der Waals surface area contributed by atoms with Crippen LogP contribution in [0.2, 0.25) is 0 Å². The van der Waals surface area contributed by atoms with Crippen molar-refractivity contribution in [3.63, 3.8) is 0 Å². The van der Waals surface area contributed by atoms with E-state index in [0.717, 1.165) is 12.5 Å². The molecule has 1 heterocycles. The van der Waals surface area contributed by atoms with Crippen LogP contribution >= 0.6 is 24.8 Å². The molecule has 1 N–H and O–H groups in total. The number of nitrogens with one attached hydrogen (secondary N) is 1. The lowest BCUT2D eigenvalue weighted by Gasteiger charge is -2.20. The molecule has 1 aromatic rings. The Morgan fingerprint density at radius 2 is 1.94 bits per heavy atom. The highest BCUT2D eigenvalue weighted by Crippen LogP contribution is 2.10. The number of halogens is 2. The molecule has 0 radical (unpaired) electrons. The first kappa shape index (κ1) is 16.7. The molecular weight excluding hydrogens is 255 g/mol. The highest BCUT2D eigenvalue weighted by molar-refractivity contribution is 5.85. The molecule has 17 heavy (non-hydrogen) atoms. The van der Waals surface area contributed by atoms with Crippen molar-refractivity contribution in [1.82, 2.24) is 10.2 Å². The monoisotopic (exact) mass is 276 g/mol. The molecule has 1 unspecified atom stereocenters. The Morgan fingerprint density at radius 1 is 1.24 bits per heavy atom. The van der Waals surface area contributed by atoms with Gasteiger partial charge in [-0.3, -0.25) is 0 Å². The van der Waals surface area contributed by atoms with Crippen molar-refractivity contribution in [2.24, 2.45) is 5.92 Å². The molecular formula is C13H22Cl2N2. The standard InChI is InChI=1S/C13H20N2.2ClH/c1-15(11-13-7-8-14-9-13)10-12-5-3-2-4-6-12;;/h2-6,13-14H,7-11H2,1H3;2*1H. The van der Waals surface area contributed by atoms with Gasteiger partial charge in [0, 0.05) is 13.1 Å². The molecule has 98 valence electrons. The maximum atomic E-state index is 3.41. The Balaban J connectivity index is 0.00000128. The molecule has 0 aromatic heterocycles. The summed E-state index contributed by atoms with van der Waals surface area (Å²) in [5, 5.41) is 3.41. The van der Waals surface area contributed by atoms with Crippen LogP contribution < -0.4 is 5.32 Å². The molecule has 2 nitrogen and oxygen atoms in total. The third-order valence-electron chi connectivity index (χ3n) is 3.03. The van der Waals surface area contributed by atoms with Gasteiger partial charge in [-0.1, -0.05) is 30.3 Å². The van der Waals surface area contributed by atoms with E-state index in [4.69, 9.17) is 0 Å². The number of hydrogen-bond donors (Lipinski definition) is 1. The summed E-state index contributed by atoms with van der Waals surface area (Å²) in [6, 6.07) is 10.7. The predicted octanol–water partition coefficient (Wildman–Crippen LogP) is 2.57. The zero-order valence-corrected chi connectivity index (χ0v) is 11.9. The van der Waals surface area contributed by atoms with E-state index in [1.165, 1.54) is 31.6 Å². The minimum atomic E-state index is 0. The van der Waals surface area contributed by atoms with E-state index >= 15 is 0 Å².